The molecule has 0 aromatic carbocycles. The summed E-state index contributed by atoms with van der Waals surface area (Å²) in [5, 5.41) is 9.39. The average molecular weight is 217 g/mol. The highest BCUT2D eigenvalue weighted by Gasteiger charge is 2.27. The van der Waals surface area contributed by atoms with Crippen LogP contribution in [-0.4, -0.2) is 29.5 Å². The zero-order valence-corrected chi connectivity index (χ0v) is 10.8. The Hall–Kier alpha value is -0.120. The Balaban J connectivity index is 4.17. The smallest absolute Gasteiger partial charge is 0.0811 e. The molecule has 0 aliphatic rings. The van der Waals surface area contributed by atoms with Gasteiger partial charge in [0.05, 0.1) is 17.8 Å². The number of hydrogen-bond donors (Lipinski definition) is 2. The molecule has 0 aromatic rings. The first-order chi connectivity index (χ1) is 6.80. The van der Waals surface area contributed by atoms with Gasteiger partial charge >= 0.3 is 0 Å². The van der Waals surface area contributed by atoms with E-state index in [1.54, 1.807) is 6.92 Å². The fourth-order valence-electron chi connectivity index (χ4n) is 1.35. The molecule has 3 atom stereocenters. The lowest BCUT2D eigenvalue weighted by Gasteiger charge is -2.33. The summed E-state index contributed by atoms with van der Waals surface area (Å²) in [4.78, 5) is 0. The summed E-state index contributed by atoms with van der Waals surface area (Å²) >= 11 is 0. The van der Waals surface area contributed by atoms with Crippen LogP contribution in [0.1, 0.15) is 47.5 Å². The third-order valence-corrected chi connectivity index (χ3v) is 2.83. The van der Waals surface area contributed by atoms with Crippen LogP contribution >= 0.6 is 0 Å². The zero-order valence-electron chi connectivity index (χ0n) is 10.8. The topological polar surface area (TPSA) is 55.5 Å². The van der Waals surface area contributed by atoms with Crippen molar-refractivity contribution in [2.75, 3.05) is 6.54 Å². The van der Waals surface area contributed by atoms with E-state index in [9.17, 15) is 5.11 Å². The molecule has 0 saturated carbocycles. The summed E-state index contributed by atoms with van der Waals surface area (Å²) in [6.45, 7) is 10.5. The molecule has 3 heteroatoms. The second kappa shape index (κ2) is 6.46. The predicted molar refractivity (Wildman–Crippen MR) is 63.8 cm³/mol. The Kier molecular flexibility index (Phi) is 6.41. The fourth-order valence-corrected chi connectivity index (χ4v) is 1.35. The Morgan fingerprint density at radius 2 is 1.80 bits per heavy atom. The van der Waals surface area contributed by atoms with Gasteiger partial charge in [-0.05, 0) is 39.5 Å². The first-order valence-electron chi connectivity index (χ1n) is 5.86. The zero-order chi connectivity index (χ0) is 12.1. The normalized spacial score (nSPS) is 20.0. The van der Waals surface area contributed by atoms with Gasteiger partial charge in [-0.1, -0.05) is 13.8 Å². The van der Waals surface area contributed by atoms with Crippen molar-refractivity contribution in [2.24, 2.45) is 11.7 Å². The molecule has 0 aliphatic heterocycles. The van der Waals surface area contributed by atoms with Gasteiger partial charge in [0, 0.05) is 6.54 Å². The van der Waals surface area contributed by atoms with Crippen molar-refractivity contribution in [2.45, 2.75) is 65.3 Å². The Morgan fingerprint density at radius 1 is 1.27 bits per heavy atom. The molecule has 92 valence electrons. The van der Waals surface area contributed by atoms with Crippen LogP contribution in [0.4, 0.5) is 0 Å². The molecule has 0 saturated heterocycles. The molecule has 0 rings (SSSR count). The van der Waals surface area contributed by atoms with E-state index in [4.69, 9.17) is 10.5 Å². The highest BCUT2D eigenvalue weighted by atomic mass is 16.5. The molecule has 15 heavy (non-hydrogen) atoms. The monoisotopic (exact) mass is 217 g/mol. The molecule has 3 N–H and O–H groups in total. The largest absolute Gasteiger partial charge is 0.391 e. The van der Waals surface area contributed by atoms with Crippen molar-refractivity contribution < 1.29 is 9.84 Å². The van der Waals surface area contributed by atoms with Gasteiger partial charge < -0.3 is 15.6 Å². The number of nitrogens with two attached hydrogens (primary N) is 1. The van der Waals surface area contributed by atoms with Crippen LogP contribution in [0, 0.1) is 5.92 Å². The van der Waals surface area contributed by atoms with Gasteiger partial charge in [-0.3, -0.25) is 0 Å². The third kappa shape index (κ3) is 6.13. The quantitative estimate of drug-likeness (QED) is 0.685. The molecule has 3 nitrogen and oxygen atoms in total. The highest BCUT2D eigenvalue weighted by molar-refractivity contribution is 4.79. The summed E-state index contributed by atoms with van der Waals surface area (Å²) in [6.07, 6.45) is 1.43. The van der Waals surface area contributed by atoms with E-state index in [2.05, 4.69) is 13.8 Å². The Labute approximate surface area is 94.0 Å². The van der Waals surface area contributed by atoms with Crippen molar-refractivity contribution in [3.63, 3.8) is 0 Å². The van der Waals surface area contributed by atoms with E-state index in [-0.39, 0.29) is 11.7 Å². The summed E-state index contributed by atoms with van der Waals surface area (Å²) in [5.41, 5.74) is 5.43. The van der Waals surface area contributed by atoms with Crippen LogP contribution in [0.25, 0.3) is 0 Å². The van der Waals surface area contributed by atoms with Crippen LogP contribution in [-0.2, 0) is 4.74 Å². The maximum Gasteiger partial charge on any atom is 0.0811 e. The van der Waals surface area contributed by atoms with Gasteiger partial charge in [0.1, 0.15) is 0 Å². The minimum absolute atomic E-state index is 0.161. The standard InChI is InChI=1S/C12H27NO2/c1-9(2)6-7-12(5,8-13)15-11(4)10(3)14/h9-11,14H,6-8,13H2,1-5H3. The van der Waals surface area contributed by atoms with E-state index in [0.29, 0.717) is 12.5 Å². The second-order valence-corrected chi connectivity index (χ2v) is 5.15. The van der Waals surface area contributed by atoms with Crippen molar-refractivity contribution in [1.29, 1.82) is 0 Å². The number of rotatable bonds is 7. The van der Waals surface area contributed by atoms with Crippen LogP contribution in [0.3, 0.4) is 0 Å². The summed E-state index contributed by atoms with van der Waals surface area (Å²) < 4.78 is 5.82. The first-order valence-corrected chi connectivity index (χ1v) is 5.86. The molecular formula is C12H27NO2. The van der Waals surface area contributed by atoms with Gasteiger partial charge in [-0.25, -0.2) is 0 Å². The first kappa shape index (κ1) is 14.9. The molecule has 0 amide bonds. The van der Waals surface area contributed by atoms with Gasteiger partial charge in [0.15, 0.2) is 0 Å². The number of hydrogen-bond acceptors (Lipinski definition) is 3. The number of ether oxygens (including phenoxy) is 1. The molecule has 0 radical (unpaired) electrons. The van der Waals surface area contributed by atoms with Crippen molar-refractivity contribution >= 4 is 0 Å². The van der Waals surface area contributed by atoms with Crippen molar-refractivity contribution in [3.8, 4) is 0 Å². The van der Waals surface area contributed by atoms with Crippen LogP contribution < -0.4 is 5.73 Å². The van der Waals surface area contributed by atoms with E-state index < -0.39 is 6.10 Å². The van der Waals surface area contributed by atoms with E-state index in [1.807, 2.05) is 13.8 Å². The molecule has 0 fully saturated rings. The molecule has 0 bridgehead atoms. The maximum absolute atomic E-state index is 9.39. The lowest BCUT2D eigenvalue weighted by atomic mass is 9.94. The van der Waals surface area contributed by atoms with Crippen LogP contribution in [0.5, 0.6) is 0 Å². The van der Waals surface area contributed by atoms with Crippen molar-refractivity contribution in [1.82, 2.24) is 0 Å². The van der Waals surface area contributed by atoms with E-state index >= 15 is 0 Å². The lowest BCUT2D eigenvalue weighted by Crippen LogP contribution is -2.43. The lowest BCUT2D eigenvalue weighted by molar-refractivity contribution is -0.115. The summed E-state index contributed by atoms with van der Waals surface area (Å²) in [6, 6.07) is 0. The molecule has 0 aliphatic carbocycles. The van der Waals surface area contributed by atoms with Gasteiger partial charge in [0.2, 0.25) is 0 Å². The number of aliphatic hydroxyl groups is 1. The van der Waals surface area contributed by atoms with E-state index in [0.717, 1.165) is 12.8 Å². The minimum atomic E-state index is -0.449. The van der Waals surface area contributed by atoms with E-state index in [1.165, 1.54) is 0 Å². The predicted octanol–water partition coefficient (Wildman–Crippen LogP) is 1.93. The molecule has 0 spiro atoms. The van der Waals surface area contributed by atoms with Crippen molar-refractivity contribution in [3.05, 3.63) is 0 Å². The SMILES string of the molecule is CC(C)CCC(C)(CN)OC(C)C(C)O. The van der Waals surface area contributed by atoms with Crippen LogP contribution in [0.2, 0.25) is 0 Å². The third-order valence-electron chi connectivity index (χ3n) is 2.83. The number of aliphatic hydroxyl groups excluding tert-OH is 1. The minimum Gasteiger partial charge on any atom is -0.391 e. The summed E-state index contributed by atoms with van der Waals surface area (Å²) in [5.74, 6) is 0.654. The highest BCUT2D eigenvalue weighted by Crippen LogP contribution is 2.22. The average Bonchev–Trinajstić information content (AvgIpc) is 2.14. The second-order valence-electron chi connectivity index (χ2n) is 5.15. The maximum atomic E-state index is 9.39. The molecule has 0 aromatic heterocycles. The Bertz CT molecular complexity index is 171. The van der Waals surface area contributed by atoms with Gasteiger partial charge in [-0.2, -0.15) is 0 Å². The van der Waals surface area contributed by atoms with Gasteiger partial charge in [0.25, 0.3) is 0 Å². The summed E-state index contributed by atoms with van der Waals surface area (Å²) in [7, 11) is 0. The molecule has 3 unspecified atom stereocenters. The molecular weight excluding hydrogens is 190 g/mol. The van der Waals surface area contributed by atoms with Crippen LogP contribution in [0.15, 0.2) is 0 Å². The Morgan fingerprint density at radius 3 is 2.13 bits per heavy atom. The fraction of sp³-hybridized carbons (Fsp3) is 1.00. The van der Waals surface area contributed by atoms with Gasteiger partial charge in [-0.15, -0.1) is 0 Å². The molecule has 0 heterocycles.